The third-order valence-corrected chi connectivity index (χ3v) is 4.69. The Bertz CT molecular complexity index is 802. The fourth-order valence-electron chi connectivity index (χ4n) is 2.94. The SMILES string of the molecule is NCC(OCc1ccc(CCc2ccccc2)cc1)c1cccc(Cl)c1. The maximum absolute atomic E-state index is 6.06. The molecule has 134 valence electrons. The van der Waals surface area contributed by atoms with Gasteiger partial charge in [0.1, 0.15) is 0 Å². The van der Waals surface area contributed by atoms with Crippen LogP contribution in [0, 0.1) is 0 Å². The molecule has 0 amide bonds. The van der Waals surface area contributed by atoms with Gasteiger partial charge < -0.3 is 10.5 Å². The number of nitrogens with two attached hydrogens (primary N) is 1. The molecule has 3 aromatic carbocycles. The maximum Gasteiger partial charge on any atom is 0.0952 e. The van der Waals surface area contributed by atoms with Crippen molar-refractivity contribution >= 4 is 11.6 Å². The molecule has 0 bridgehead atoms. The van der Waals surface area contributed by atoms with E-state index in [4.69, 9.17) is 22.1 Å². The summed E-state index contributed by atoms with van der Waals surface area (Å²) in [4.78, 5) is 0. The third kappa shape index (κ3) is 5.43. The van der Waals surface area contributed by atoms with E-state index < -0.39 is 0 Å². The van der Waals surface area contributed by atoms with Gasteiger partial charge in [-0.15, -0.1) is 0 Å². The lowest BCUT2D eigenvalue weighted by atomic mass is 10.0. The van der Waals surface area contributed by atoms with E-state index in [9.17, 15) is 0 Å². The fraction of sp³-hybridized carbons (Fsp3) is 0.217. The van der Waals surface area contributed by atoms with Gasteiger partial charge in [0.2, 0.25) is 0 Å². The topological polar surface area (TPSA) is 35.2 Å². The van der Waals surface area contributed by atoms with Gasteiger partial charge in [-0.1, -0.05) is 78.3 Å². The summed E-state index contributed by atoms with van der Waals surface area (Å²) in [7, 11) is 0. The Morgan fingerprint density at radius 2 is 1.42 bits per heavy atom. The van der Waals surface area contributed by atoms with Crippen molar-refractivity contribution in [3.63, 3.8) is 0 Å². The molecule has 2 N–H and O–H groups in total. The van der Waals surface area contributed by atoms with E-state index in [0.29, 0.717) is 18.2 Å². The van der Waals surface area contributed by atoms with Crippen LogP contribution in [-0.4, -0.2) is 6.54 Å². The zero-order chi connectivity index (χ0) is 18.2. The molecule has 0 aliphatic heterocycles. The molecule has 0 saturated heterocycles. The molecule has 0 aliphatic carbocycles. The number of rotatable bonds is 8. The molecule has 0 spiro atoms. The summed E-state index contributed by atoms with van der Waals surface area (Å²) in [6.45, 7) is 0.961. The Hall–Kier alpha value is -2.13. The highest BCUT2D eigenvalue weighted by atomic mass is 35.5. The minimum absolute atomic E-state index is 0.147. The van der Waals surface area contributed by atoms with Crippen LogP contribution in [0.4, 0.5) is 0 Å². The molecule has 0 aliphatic rings. The van der Waals surface area contributed by atoms with Crippen LogP contribution >= 0.6 is 11.6 Å². The lowest BCUT2D eigenvalue weighted by Gasteiger charge is -2.17. The molecule has 0 heterocycles. The molecular weight excluding hydrogens is 342 g/mol. The maximum atomic E-state index is 6.06. The van der Waals surface area contributed by atoms with Crippen molar-refractivity contribution in [3.05, 3.63) is 106 Å². The van der Waals surface area contributed by atoms with Crippen LogP contribution in [0.5, 0.6) is 0 Å². The van der Waals surface area contributed by atoms with Crippen LogP contribution < -0.4 is 5.73 Å². The predicted octanol–water partition coefficient (Wildman–Crippen LogP) is 5.34. The first-order chi connectivity index (χ1) is 12.7. The van der Waals surface area contributed by atoms with Gasteiger partial charge in [0.25, 0.3) is 0 Å². The van der Waals surface area contributed by atoms with Gasteiger partial charge in [-0.25, -0.2) is 0 Å². The van der Waals surface area contributed by atoms with Crippen LogP contribution in [0.15, 0.2) is 78.9 Å². The average molecular weight is 366 g/mol. The third-order valence-electron chi connectivity index (χ3n) is 4.45. The van der Waals surface area contributed by atoms with Gasteiger partial charge in [0, 0.05) is 11.6 Å². The summed E-state index contributed by atoms with van der Waals surface area (Å²) in [5, 5.41) is 0.701. The van der Waals surface area contributed by atoms with E-state index in [1.807, 2.05) is 24.3 Å². The number of halogens is 1. The Morgan fingerprint density at radius 3 is 2.08 bits per heavy atom. The first-order valence-corrected chi connectivity index (χ1v) is 9.31. The van der Waals surface area contributed by atoms with E-state index in [1.54, 1.807) is 0 Å². The summed E-state index contributed by atoms with van der Waals surface area (Å²) in [6.07, 6.45) is 1.95. The molecule has 1 unspecified atom stereocenters. The van der Waals surface area contributed by atoms with Gasteiger partial charge in [0.05, 0.1) is 12.7 Å². The van der Waals surface area contributed by atoms with Gasteiger partial charge in [-0.05, 0) is 47.2 Å². The second kappa shape index (κ2) is 9.54. The Balaban J connectivity index is 1.53. The molecule has 3 aromatic rings. The van der Waals surface area contributed by atoms with Crippen LogP contribution in [0.2, 0.25) is 5.02 Å². The van der Waals surface area contributed by atoms with E-state index in [2.05, 4.69) is 54.6 Å². The zero-order valence-electron chi connectivity index (χ0n) is 14.8. The zero-order valence-corrected chi connectivity index (χ0v) is 15.5. The lowest BCUT2D eigenvalue weighted by molar-refractivity contribution is 0.0456. The second-order valence-corrected chi connectivity index (χ2v) is 6.83. The van der Waals surface area contributed by atoms with Crippen molar-refractivity contribution in [2.75, 3.05) is 6.54 Å². The average Bonchev–Trinajstić information content (AvgIpc) is 2.69. The first kappa shape index (κ1) is 18.7. The lowest BCUT2D eigenvalue weighted by Crippen LogP contribution is -2.15. The summed E-state index contributed by atoms with van der Waals surface area (Å²) < 4.78 is 6.00. The Labute approximate surface area is 160 Å². The Morgan fingerprint density at radius 1 is 0.769 bits per heavy atom. The summed E-state index contributed by atoms with van der Waals surface area (Å²) >= 11 is 6.06. The van der Waals surface area contributed by atoms with Gasteiger partial charge in [0.15, 0.2) is 0 Å². The smallest absolute Gasteiger partial charge is 0.0952 e. The van der Waals surface area contributed by atoms with Crippen LogP contribution in [0.25, 0.3) is 0 Å². The molecule has 3 rings (SSSR count). The number of hydrogen-bond donors (Lipinski definition) is 1. The van der Waals surface area contributed by atoms with Crippen LogP contribution in [0.3, 0.4) is 0 Å². The summed E-state index contributed by atoms with van der Waals surface area (Å²) in [5.74, 6) is 0. The van der Waals surface area contributed by atoms with Crippen molar-refractivity contribution in [2.45, 2.75) is 25.6 Å². The highest BCUT2D eigenvalue weighted by Gasteiger charge is 2.10. The van der Waals surface area contributed by atoms with Crippen molar-refractivity contribution in [1.29, 1.82) is 0 Å². The van der Waals surface area contributed by atoms with Crippen molar-refractivity contribution < 1.29 is 4.74 Å². The second-order valence-electron chi connectivity index (χ2n) is 6.39. The largest absolute Gasteiger partial charge is 0.368 e. The van der Waals surface area contributed by atoms with Gasteiger partial charge >= 0.3 is 0 Å². The van der Waals surface area contributed by atoms with Gasteiger partial charge in [-0.3, -0.25) is 0 Å². The number of benzene rings is 3. The summed E-state index contributed by atoms with van der Waals surface area (Å²) in [6, 6.07) is 26.9. The van der Waals surface area contributed by atoms with Crippen molar-refractivity contribution in [1.82, 2.24) is 0 Å². The van der Waals surface area contributed by atoms with E-state index in [0.717, 1.165) is 24.0 Å². The molecule has 0 fully saturated rings. The molecule has 0 radical (unpaired) electrons. The summed E-state index contributed by atoms with van der Waals surface area (Å²) in [5.41, 5.74) is 10.7. The molecule has 0 saturated carbocycles. The number of ether oxygens (including phenoxy) is 1. The van der Waals surface area contributed by atoms with Crippen molar-refractivity contribution in [3.8, 4) is 0 Å². The minimum atomic E-state index is -0.147. The van der Waals surface area contributed by atoms with Gasteiger partial charge in [-0.2, -0.15) is 0 Å². The van der Waals surface area contributed by atoms with Crippen molar-refractivity contribution in [2.24, 2.45) is 5.73 Å². The Kier molecular flexibility index (Phi) is 6.84. The van der Waals surface area contributed by atoms with E-state index in [-0.39, 0.29) is 6.10 Å². The monoisotopic (exact) mass is 365 g/mol. The molecule has 3 heteroatoms. The predicted molar refractivity (Wildman–Crippen MR) is 108 cm³/mol. The van der Waals surface area contributed by atoms with E-state index in [1.165, 1.54) is 11.1 Å². The number of hydrogen-bond acceptors (Lipinski definition) is 2. The molecular formula is C23H24ClNO. The van der Waals surface area contributed by atoms with Crippen LogP contribution in [-0.2, 0) is 24.2 Å². The quantitative estimate of drug-likeness (QED) is 0.584. The molecule has 1 atom stereocenters. The van der Waals surface area contributed by atoms with E-state index >= 15 is 0 Å². The minimum Gasteiger partial charge on any atom is -0.368 e. The molecule has 2 nitrogen and oxygen atoms in total. The molecule has 26 heavy (non-hydrogen) atoms. The normalized spacial score (nSPS) is 12.1. The molecule has 0 aromatic heterocycles. The standard InChI is InChI=1S/C23H24ClNO/c24-22-8-4-7-21(15-22)23(16-25)26-17-20-13-11-19(12-14-20)10-9-18-5-2-1-3-6-18/h1-8,11-15,23H,9-10,16-17,25H2. The number of aryl methyl sites for hydroxylation is 2. The fourth-order valence-corrected chi connectivity index (χ4v) is 3.14. The first-order valence-electron chi connectivity index (χ1n) is 8.93. The highest BCUT2D eigenvalue weighted by molar-refractivity contribution is 6.30. The highest BCUT2D eigenvalue weighted by Crippen LogP contribution is 2.21. The van der Waals surface area contributed by atoms with Crippen LogP contribution in [0.1, 0.15) is 28.4 Å².